The average molecular weight is 980 g/mol. The fraction of sp³-hybridized carbons (Fsp3) is 0.585. The van der Waals surface area contributed by atoms with E-state index in [1.165, 1.54) is 77.0 Å². The summed E-state index contributed by atoms with van der Waals surface area (Å²) in [6, 6.07) is 0. The molecule has 0 aliphatic carbocycles. The zero-order valence-corrected chi connectivity index (χ0v) is 45.4. The van der Waals surface area contributed by atoms with Crippen LogP contribution in [0.1, 0.15) is 226 Å². The summed E-state index contributed by atoms with van der Waals surface area (Å²) in [5, 5.41) is 0. The first kappa shape index (κ1) is 66.3. The fourth-order valence-corrected chi connectivity index (χ4v) is 7.31. The van der Waals surface area contributed by atoms with Gasteiger partial charge in [-0.3, -0.25) is 14.4 Å². The van der Waals surface area contributed by atoms with Crippen molar-refractivity contribution in [1.29, 1.82) is 0 Å². The van der Waals surface area contributed by atoms with E-state index in [0.29, 0.717) is 12.8 Å². The van der Waals surface area contributed by atoms with E-state index in [0.717, 1.165) is 109 Å². The third kappa shape index (κ3) is 56.1. The van der Waals surface area contributed by atoms with Gasteiger partial charge in [-0.2, -0.15) is 0 Å². The smallest absolute Gasteiger partial charge is 0.306 e. The summed E-state index contributed by atoms with van der Waals surface area (Å²) in [6.45, 7) is 6.38. The molecular formula is C65H102O6. The van der Waals surface area contributed by atoms with Crippen molar-refractivity contribution in [2.24, 2.45) is 0 Å². The number of hydrogen-bond donors (Lipinski definition) is 0. The Bertz CT molecular complexity index is 1590. The van der Waals surface area contributed by atoms with Crippen LogP contribution in [0.4, 0.5) is 0 Å². The first-order chi connectivity index (χ1) is 35.0. The maximum atomic E-state index is 12.9. The minimum absolute atomic E-state index is 0.113. The lowest BCUT2D eigenvalue weighted by Crippen LogP contribution is -2.30. The van der Waals surface area contributed by atoms with Gasteiger partial charge in [0.1, 0.15) is 13.2 Å². The van der Waals surface area contributed by atoms with Gasteiger partial charge in [0, 0.05) is 19.3 Å². The van der Waals surface area contributed by atoms with Gasteiger partial charge < -0.3 is 14.2 Å². The van der Waals surface area contributed by atoms with Crippen molar-refractivity contribution in [3.63, 3.8) is 0 Å². The second-order valence-electron chi connectivity index (χ2n) is 18.4. The number of ether oxygens (including phenoxy) is 3. The van der Waals surface area contributed by atoms with Crippen molar-refractivity contribution in [2.45, 2.75) is 232 Å². The quantitative estimate of drug-likeness (QED) is 0.0199. The number of rotatable bonds is 49. The molecule has 0 aromatic rings. The van der Waals surface area contributed by atoms with Crippen LogP contribution in [0.25, 0.3) is 0 Å². The lowest BCUT2D eigenvalue weighted by molar-refractivity contribution is -0.167. The van der Waals surface area contributed by atoms with E-state index < -0.39 is 6.10 Å². The molecule has 0 heterocycles. The molecule has 0 aromatic carbocycles. The summed E-state index contributed by atoms with van der Waals surface area (Å²) in [7, 11) is 0. The predicted molar refractivity (Wildman–Crippen MR) is 306 cm³/mol. The fourth-order valence-electron chi connectivity index (χ4n) is 7.31. The first-order valence-electron chi connectivity index (χ1n) is 28.5. The van der Waals surface area contributed by atoms with E-state index >= 15 is 0 Å². The van der Waals surface area contributed by atoms with Gasteiger partial charge in [0.05, 0.1) is 0 Å². The van der Waals surface area contributed by atoms with Crippen LogP contribution in [0, 0.1) is 0 Å². The zero-order chi connectivity index (χ0) is 51.4. The summed E-state index contributed by atoms with van der Waals surface area (Å²) >= 11 is 0. The second kappa shape index (κ2) is 57.9. The number of carbonyl (C=O) groups is 3. The van der Waals surface area contributed by atoms with Crippen molar-refractivity contribution >= 4 is 17.9 Å². The van der Waals surface area contributed by atoms with E-state index in [1.54, 1.807) is 0 Å². The monoisotopic (exact) mass is 979 g/mol. The Morgan fingerprint density at radius 3 is 0.944 bits per heavy atom. The molecular weight excluding hydrogens is 877 g/mol. The molecule has 0 aliphatic heterocycles. The summed E-state index contributed by atoms with van der Waals surface area (Å²) in [6.07, 6.45) is 82.5. The van der Waals surface area contributed by atoms with E-state index in [9.17, 15) is 14.4 Å². The maximum absolute atomic E-state index is 12.9. The summed E-state index contributed by atoms with van der Waals surface area (Å²) < 4.78 is 16.8. The molecule has 1 unspecified atom stereocenters. The highest BCUT2D eigenvalue weighted by atomic mass is 16.6. The number of hydrogen-bond acceptors (Lipinski definition) is 6. The topological polar surface area (TPSA) is 78.9 Å². The van der Waals surface area contributed by atoms with Gasteiger partial charge in [0.15, 0.2) is 6.10 Å². The lowest BCUT2D eigenvalue weighted by Gasteiger charge is -2.18. The number of carbonyl (C=O) groups excluding carboxylic acids is 3. The minimum Gasteiger partial charge on any atom is -0.462 e. The Balaban J connectivity index is 4.59. The van der Waals surface area contributed by atoms with Crippen LogP contribution in [0.2, 0.25) is 0 Å². The van der Waals surface area contributed by atoms with Crippen LogP contribution < -0.4 is 0 Å². The van der Waals surface area contributed by atoms with Crippen LogP contribution >= 0.6 is 0 Å². The normalized spacial score (nSPS) is 13.2. The molecule has 1 atom stereocenters. The van der Waals surface area contributed by atoms with Crippen LogP contribution in [0.15, 0.2) is 146 Å². The van der Waals surface area contributed by atoms with Gasteiger partial charge in [-0.05, 0) is 89.9 Å². The zero-order valence-electron chi connectivity index (χ0n) is 45.4. The third-order valence-electron chi connectivity index (χ3n) is 11.6. The van der Waals surface area contributed by atoms with Gasteiger partial charge in [0.25, 0.3) is 0 Å². The van der Waals surface area contributed by atoms with E-state index in [1.807, 2.05) is 72.9 Å². The molecule has 71 heavy (non-hydrogen) atoms. The molecule has 0 radical (unpaired) electrons. The average Bonchev–Trinajstić information content (AvgIpc) is 3.37. The summed E-state index contributed by atoms with van der Waals surface area (Å²) in [5.41, 5.74) is 0. The van der Waals surface area contributed by atoms with E-state index in [-0.39, 0.29) is 37.5 Å². The second-order valence-corrected chi connectivity index (χ2v) is 18.4. The molecule has 6 heteroatoms. The number of allylic oxidation sites excluding steroid dienone is 24. The van der Waals surface area contributed by atoms with Gasteiger partial charge in [-0.25, -0.2) is 0 Å². The van der Waals surface area contributed by atoms with Gasteiger partial charge in [-0.15, -0.1) is 0 Å². The third-order valence-corrected chi connectivity index (χ3v) is 11.6. The van der Waals surface area contributed by atoms with Gasteiger partial charge in [-0.1, -0.05) is 263 Å². The maximum Gasteiger partial charge on any atom is 0.306 e. The van der Waals surface area contributed by atoms with Crippen molar-refractivity contribution in [3.05, 3.63) is 146 Å². The minimum atomic E-state index is -0.820. The summed E-state index contributed by atoms with van der Waals surface area (Å²) in [4.78, 5) is 38.2. The molecule has 0 spiro atoms. The highest BCUT2D eigenvalue weighted by Gasteiger charge is 2.19. The molecule has 0 saturated carbocycles. The molecule has 0 saturated heterocycles. The molecule has 0 N–H and O–H groups in total. The Hall–Kier alpha value is -4.71. The highest BCUT2D eigenvalue weighted by Crippen LogP contribution is 2.13. The van der Waals surface area contributed by atoms with Gasteiger partial charge in [0.2, 0.25) is 0 Å². The lowest BCUT2D eigenvalue weighted by atomic mass is 10.1. The SMILES string of the molecule is CC\C=C/C=C\C=C/C=C\C=C\C=C/C=C\CCCCCC(=O)OCC(COC(=O)CCCCCCC/C=C\CCCCCCCCC)OC(=O)CCCCCCC\C=C/C=C\C=C/C=C\CCCCC. The Morgan fingerprint density at radius 1 is 0.296 bits per heavy atom. The number of unbranched alkanes of at least 4 members (excludes halogenated alkanes) is 23. The Labute approximate surface area is 436 Å². The number of esters is 3. The van der Waals surface area contributed by atoms with Crippen LogP contribution in [-0.2, 0) is 28.6 Å². The van der Waals surface area contributed by atoms with Crippen molar-refractivity contribution < 1.29 is 28.6 Å². The standard InChI is InChI=1S/C65H102O6/c1-4-7-10-13-16-19-22-25-28-31-33-35-37-40-43-46-49-52-55-58-64(67)70-61-62(60-69-63(66)57-54-51-48-45-42-39-36-30-27-24-21-18-15-12-9-6-3)71-65(68)59-56-53-50-47-44-41-38-34-32-29-26-23-20-17-14-11-8-5-2/h7,10,13,16-17,19-20,22-23,25-26,28-38,40,43,62H,4-6,8-9,11-12,14-15,18,21,24,27,39,41-42,44-61H2,1-3H3/b10-7-,16-13-,20-17-,22-19-,26-23-,28-25-,32-29-,33-31+,36-30-,37-35-,38-34-,43-40-. The molecule has 0 aromatic heterocycles. The molecule has 398 valence electrons. The van der Waals surface area contributed by atoms with Crippen molar-refractivity contribution in [3.8, 4) is 0 Å². The van der Waals surface area contributed by atoms with E-state index in [2.05, 4.69) is 93.7 Å². The summed E-state index contributed by atoms with van der Waals surface area (Å²) in [5.74, 6) is -0.996. The highest BCUT2D eigenvalue weighted by molar-refractivity contribution is 5.71. The molecule has 0 amide bonds. The Kier molecular flexibility index (Phi) is 54.0. The van der Waals surface area contributed by atoms with Crippen molar-refractivity contribution in [2.75, 3.05) is 13.2 Å². The van der Waals surface area contributed by atoms with Crippen molar-refractivity contribution in [1.82, 2.24) is 0 Å². The molecule has 0 aliphatic rings. The predicted octanol–water partition coefficient (Wildman–Crippen LogP) is 19.2. The first-order valence-corrected chi connectivity index (χ1v) is 28.5. The molecule has 0 rings (SSSR count). The Morgan fingerprint density at radius 2 is 0.563 bits per heavy atom. The van der Waals surface area contributed by atoms with Crippen LogP contribution in [0.3, 0.4) is 0 Å². The molecule has 0 fully saturated rings. The van der Waals surface area contributed by atoms with Crippen LogP contribution in [-0.4, -0.2) is 37.2 Å². The van der Waals surface area contributed by atoms with Gasteiger partial charge >= 0.3 is 17.9 Å². The molecule has 6 nitrogen and oxygen atoms in total. The van der Waals surface area contributed by atoms with E-state index in [4.69, 9.17) is 14.2 Å². The molecule has 0 bridgehead atoms. The largest absolute Gasteiger partial charge is 0.462 e. The van der Waals surface area contributed by atoms with Crippen LogP contribution in [0.5, 0.6) is 0 Å².